The zero-order valence-corrected chi connectivity index (χ0v) is 15.7. The highest BCUT2D eigenvalue weighted by atomic mass is 127. The Morgan fingerprint density at radius 2 is 1.58 bits per heavy atom. The van der Waals surface area contributed by atoms with Crippen molar-refractivity contribution in [1.29, 1.82) is 0 Å². The van der Waals surface area contributed by atoms with Crippen LogP contribution in [0.1, 0.15) is 0 Å². The average Bonchev–Trinajstić information content (AvgIpc) is 2.60. The SMILES string of the molecule is COc1cc(NC(=O)COc2ccc(I)cc2)cc(OC)c1OC. The minimum Gasteiger partial charge on any atom is -0.493 e. The van der Waals surface area contributed by atoms with E-state index in [0.717, 1.165) is 3.57 Å². The maximum atomic E-state index is 12.1. The Morgan fingerprint density at radius 3 is 2.08 bits per heavy atom. The standard InChI is InChI=1S/C17H18INO5/c1-21-14-8-12(9-15(22-2)17(14)23-3)19-16(20)10-24-13-6-4-11(18)5-7-13/h4-9H,10H2,1-3H3,(H,19,20). The van der Waals surface area contributed by atoms with E-state index >= 15 is 0 Å². The molecule has 0 spiro atoms. The van der Waals surface area contributed by atoms with Crippen molar-refractivity contribution in [3.8, 4) is 23.0 Å². The third kappa shape index (κ3) is 4.67. The van der Waals surface area contributed by atoms with Gasteiger partial charge in [-0.25, -0.2) is 0 Å². The molecule has 0 radical (unpaired) electrons. The second-order valence-corrected chi connectivity index (χ2v) is 5.95. The van der Waals surface area contributed by atoms with Crippen molar-refractivity contribution in [2.75, 3.05) is 33.3 Å². The lowest BCUT2D eigenvalue weighted by atomic mass is 10.2. The zero-order valence-electron chi connectivity index (χ0n) is 13.6. The number of carbonyl (C=O) groups excluding carboxylic acids is 1. The van der Waals surface area contributed by atoms with Crippen LogP contribution in [0.25, 0.3) is 0 Å². The molecule has 0 saturated carbocycles. The van der Waals surface area contributed by atoms with Gasteiger partial charge in [0, 0.05) is 21.4 Å². The van der Waals surface area contributed by atoms with E-state index in [-0.39, 0.29) is 12.5 Å². The first kappa shape index (κ1) is 18.2. The number of ether oxygens (including phenoxy) is 4. The molecule has 2 aromatic carbocycles. The Hall–Kier alpha value is -2.16. The van der Waals surface area contributed by atoms with Crippen LogP contribution in [0, 0.1) is 3.57 Å². The molecule has 7 heteroatoms. The summed E-state index contributed by atoms with van der Waals surface area (Å²) in [7, 11) is 4.55. The summed E-state index contributed by atoms with van der Waals surface area (Å²) < 4.78 is 22.3. The summed E-state index contributed by atoms with van der Waals surface area (Å²) in [5.74, 6) is 1.74. The number of hydrogen-bond acceptors (Lipinski definition) is 5. The van der Waals surface area contributed by atoms with Crippen LogP contribution in [-0.4, -0.2) is 33.8 Å². The molecule has 0 saturated heterocycles. The van der Waals surface area contributed by atoms with E-state index in [1.54, 1.807) is 12.1 Å². The first-order chi connectivity index (χ1) is 11.6. The number of rotatable bonds is 7. The van der Waals surface area contributed by atoms with Gasteiger partial charge in [0.05, 0.1) is 21.3 Å². The van der Waals surface area contributed by atoms with Crippen molar-refractivity contribution < 1.29 is 23.7 Å². The van der Waals surface area contributed by atoms with Crippen LogP contribution in [0.5, 0.6) is 23.0 Å². The predicted octanol–water partition coefficient (Wildman–Crippen LogP) is 3.33. The van der Waals surface area contributed by atoms with Crippen molar-refractivity contribution in [2.45, 2.75) is 0 Å². The molecule has 0 aliphatic rings. The van der Waals surface area contributed by atoms with Crippen LogP contribution in [0.2, 0.25) is 0 Å². The van der Waals surface area contributed by atoms with Crippen molar-refractivity contribution in [2.24, 2.45) is 0 Å². The number of benzene rings is 2. The summed E-state index contributed by atoms with van der Waals surface area (Å²) in [4.78, 5) is 12.1. The summed E-state index contributed by atoms with van der Waals surface area (Å²) in [6.07, 6.45) is 0. The van der Waals surface area contributed by atoms with Crippen molar-refractivity contribution >= 4 is 34.2 Å². The van der Waals surface area contributed by atoms with Gasteiger partial charge < -0.3 is 24.3 Å². The third-order valence-electron chi connectivity index (χ3n) is 3.13. The normalized spacial score (nSPS) is 10.0. The van der Waals surface area contributed by atoms with E-state index in [0.29, 0.717) is 28.7 Å². The van der Waals surface area contributed by atoms with Gasteiger partial charge in [0.2, 0.25) is 5.75 Å². The Balaban J connectivity index is 2.04. The number of hydrogen-bond donors (Lipinski definition) is 1. The van der Waals surface area contributed by atoms with E-state index < -0.39 is 0 Å². The third-order valence-corrected chi connectivity index (χ3v) is 3.85. The van der Waals surface area contributed by atoms with Gasteiger partial charge in [-0.05, 0) is 46.9 Å². The van der Waals surface area contributed by atoms with Gasteiger partial charge in [0.1, 0.15) is 5.75 Å². The lowest BCUT2D eigenvalue weighted by Gasteiger charge is -2.14. The number of halogens is 1. The molecule has 0 aliphatic heterocycles. The van der Waals surface area contributed by atoms with Gasteiger partial charge in [0.15, 0.2) is 18.1 Å². The number of anilines is 1. The molecule has 0 aromatic heterocycles. The first-order valence-electron chi connectivity index (χ1n) is 7.05. The molecule has 0 aliphatic carbocycles. The molecule has 1 N–H and O–H groups in total. The average molecular weight is 443 g/mol. The van der Waals surface area contributed by atoms with Crippen LogP contribution in [0.4, 0.5) is 5.69 Å². The molecule has 6 nitrogen and oxygen atoms in total. The van der Waals surface area contributed by atoms with Gasteiger partial charge in [-0.2, -0.15) is 0 Å². The molecule has 0 atom stereocenters. The number of carbonyl (C=O) groups is 1. The van der Waals surface area contributed by atoms with Gasteiger partial charge in [-0.3, -0.25) is 4.79 Å². The molecular formula is C17H18INO5. The van der Waals surface area contributed by atoms with Crippen LogP contribution in [0.3, 0.4) is 0 Å². The quantitative estimate of drug-likeness (QED) is 0.666. The van der Waals surface area contributed by atoms with E-state index in [4.69, 9.17) is 18.9 Å². The molecule has 128 valence electrons. The fraction of sp³-hybridized carbons (Fsp3) is 0.235. The lowest BCUT2D eigenvalue weighted by molar-refractivity contribution is -0.118. The largest absolute Gasteiger partial charge is 0.493 e. The first-order valence-corrected chi connectivity index (χ1v) is 8.13. The summed E-state index contributed by atoms with van der Waals surface area (Å²) in [5, 5.41) is 2.74. The van der Waals surface area contributed by atoms with E-state index in [9.17, 15) is 4.79 Å². The van der Waals surface area contributed by atoms with Gasteiger partial charge >= 0.3 is 0 Å². The minimum atomic E-state index is -0.289. The van der Waals surface area contributed by atoms with E-state index in [2.05, 4.69) is 27.9 Å². The van der Waals surface area contributed by atoms with E-state index in [1.807, 2.05) is 24.3 Å². The van der Waals surface area contributed by atoms with E-state index in [1.165, 1.54) is 21.3 Å². The summed E-state index contributed by atoms with van der Waals surface area (Å²) in [6, 6.07) is 10.8. The van der Waals surface area contributed by atoms with Gasteiger partial charge in [-0.15, -0.1) is 0 Å². The smallest absolute Gasteiger partial charge is 0.262 e. The second kappa shape index (κ2) is 8.62. The highest BCUT2D eigenvalue weighted by Crippen LogP contribution is 2.39. The maximum Gasteiger partial charge on any atom is 0.262 e. The maximum absolute atomic E-state index is 12.1. The van der Waals surface area contributed by atoms with Crippen LogP contribution >= 0.6 is 22.6 Å². The topological polar surface area (TPSA) is 66.0 Å². The van der Waals surface area contributed by atoms with Gasteiger partial charge in [0.25, 0.3) is 5.91 Å². The van der Waals surface area contributed by atoms with Crippen molar-refractivity contribution in [3.05, 3.63) is 40.0 Å². The van der Waals surface area contributed by atoms with Crippen LogP contribution in [0.15, 0.2) is 36.4 Å². The highest BCUT2D eigenvalue weighted by molar-refractivity contribution is 14.1. The Kier molecular flexibility index (Phi) is 6.53. The molecule has 1 amide bonds. The Bertz CT molecular complexity index is 678. The molecule has 2 rings (SSSR count). The molecule has 0 fully saturated rings. The fourth-order valence-corrected chi connectivity index (χ4v) is 2.39. The number of methoxy groups -OCH3 is 3. The Morgan fingerprint density at radius 1 is 1.00 bits per heavy atom. The summed E-state index contributed by atoms with van der Waals surface area (Å²) in [6.45, 7) is -0.0999. The molecule has 24 heavy (non-hydrogen) atoms. The second-order valence-electron chi connectivity index (χ2n) is 4.70. The minimum absolute atomic E-state index is 0.0999. The van der Waals surface area contributed by atoms with Crippen molar-refractivity contribution in [3.63, 3.8) is 0 Å². The molecular weight excluding hydrogens is 425 g/mol. The molecule has 0 bridgehead atoms. The zero-order chi connectivity index (χ0) is 17.5. The number of amides is 1. The molecule has 2 aromatic rings. The van der Waals surface area contributed by atoms with Crippen molar-refractivity contribution in [1.82, 2.24) is 0 Å². The van der Waals surface area contributed by atoms with Gasteiger partial charge in [-0.1, -0.05) is 0 Å². The molecule has 0 heterocycles. The van der Waals surface area contributed by atoms with Crippen LogP contribution in [-0.2, 0) is 4.79 Å². The number of nitrogens with one attached hydrogen (secondary N) is 1. The molecule has 0 unspecified atom stereocenters. The Labute approximate surface area is 154 Å². The summed E-state index contributed by atoms with van der Waals surface area (Å²) in [5.41, 5.74) is 0.528. The monoisotopic (exact) mass is 443 g/mol. The fourth-order valence-electron chi connectivity index (χ4n) is 2.03. The highest BCUT2D eigenvalue weighted by Gasteiger charge is 2.14. The summed E-state index contributed by atoms with van der Waals surface area (Å²) >= 11 is 2.20. The van der Waals surface area contributed by atoms with Crippen LogP contribution < -0.4 is 24.3 Å². The lowest BCUT2D eigenvalue weighted by Crippen LogP contribution is -2.20. The predicted molar refractivity (Wildman–Crippen MR) is 99.4 cm³/mol.